The van der Waals surface area contributed by atoms with Gasteiger partial charge in [-0.15, -0.1) is 0 Å². The number of imidazole rings is 1. The summed E-state index contributed by atoms with van der Waals surface area (Å²) in [5, 5.41) is 17.3. The number of carbonyl (C=O) groups is 3. The summed E-state index contributed by atoms with van der Waals surface area (Å²) in [6, 6.07) is 10.3. The number of hydrogen-bond donors (Lipinski definition) is 3. The Hall–Kier alpha value is -4.25. The monoisotopic (exact) mass is 810 g/mol. The maximum atomic E-state index is 14.4. The molecule has 12 heteroatoms. The Morgan fingerprint density at radius 2 is 1.35 bits per heavy atom. The molecule has 2 aromatic carbocycles. The molecule has 1 aromatic heterocycles. The lowest BCUT2D eigenvalue weighted by Crippen LogP contribution is -2.43. The average Bonchev–Trinajstić information content (AvgIpc) is 3.39. The fraction of sp³-hybridized carbons (Fsp3) is 0.600. The van der Waals surface area contributed by atoms with Crippen LogP contribution in [0, 0.1) is 5.41 Å². The van der Waals surface area contributed by atoms with Crippen molar-refractivity contribution in [3.05, 3.63) is 63.5 Å². The van der Waals surface area contributed by atoms with Crippen LogP contribution in [0.25, 0.3) is 0 Å². The van der Waals surface area contributed by atoms with Crippen LogP contribution in [-0.4, -0.2) is 45.1 Å². The van der Waals surface area contributed by atoms with Crippen LogP contribution >= 0.6 is 11.6 Å². The van der Waals surface area contributed by atoms with Crippen LogP contribution in [0.15, 0.2) is 47.3 Å². The Kier molecular flexibility index (Phi) is 20.3. The van der Waals surface area contributed by atoms with Crippen LogP contribution in [0.2, 0.25) is 5.02 Å². The van der Waals surface area contributed by atoms with Crippen LogP contribution in [0.4, 0.5) is 11.4 Å². The number of unbranched alkanes of at least 4 members (excludes halogenated alkanes) is 13. The van der Waals surface area contributed by atoms with E-state index < -0.39 is 34.7 Å². The fourth-order valence-corrected chi connectivity index (χ4v) is 6.82. The summed E-state index contributed by atoms with van der Waals surface area (Å²) in [5.74, 6) is -2.30. The van der Waals surface area contributed by atoms with E-state index in [2.05, 4.69) is 17.6 Å². The van der Waals surface area contributed by atoms with Crippen molar-refractivity contribution in [3.8, 4) is 17.5 Å². The number of hydrogen-bond acceptors (Lipinski definition) is 7. The summed E-state index contributed by atoms with van der Waals surface area (Å²) in [6.45, 7) is 11.3. The van der Waals surface area contributed by atoms with Gasteiger partial charge in [-0.25, -0.2) is 9.36 Å². The lowest BCUT2D eigenvalue weighted by Gasteiger charge is -2.25. The maximum Gasteiger partial charge on any atom is 0.335 e. The normalized spacial score (nSPS) is 12.0. The minimum atomic E-state index is -1.79. The minimum Gasteiger partial charge on any atom is -0.491 e. The number of carbonyl (C=O) groups excluding carboxylic acids is 3. The number of benzene rings is 2. The number of aromatic nitrogens is 2. The second kappa shape index (κ2) is 24.5. The van der Waals surface area contributed by atoms with Gasteiger partial charge < -0.3 is 25.2 Å². The first kappa shape index (κ1) is 47.1. The van der Waals surface area contributed by atoms with Crippen LogP contribution in [0.5, 0.6) is 17.5 Å². The van der Waals surface area contributed by atoms with Crippen molar-refractivity contribution in [3.63, 3.8) is 0 Å². The van der Waals surface area contributed by atoms with E-state index in [9.17, 15) is 24.3 Å². The smallest absolute Gasteiger partial charge is 0.335 e. The molecular formula is C45H67ClN4O7. The molecule has 0 saturated carbocycles. The second-order valence-corrected chi connectivity index (χ2v) is 16.3. The molecule has 0 radical (unpaired) electrons. The summed E-state index contributed by atoms with van der Waals surface area (Å²) in [5.41, 5.74) is -0.742. The molecule has 11 nitrogen and oxygen atoms in total. The number of ether oxygens (including phenoxy) is 2. The number of amides is 2. The Bertz CT molecular complexity index is 1760. The Balaban J connectivity index is 1.79. The molecule has 3 aromatic rings. The largest absolute Gasteiger partial charge is 0.491 e. The molecule has 0 aliphatic rings. The molecule has 2 amide bonds. The van der Waals surface area contributed by atoms with Gasteiger partial charge in [-0.3, -0.25) is 19.0 Å². The number of rotatable bonds is 27. The quantitative estimate of drug-likeness (QED) is 0.0514. The van der Waals surface area contributed by atoms with E-state index in [0.717, 1.165) is 42.2 Å². The highest BCUT2D eigenvalue weighted by molar-refractivity contribution is 6.34. The van der Waals surface area contributed by atoms with E-state index in [1.165, 1.54) is 80.9 Å². The molecule has 0 bridgehead atoms. The predicted octanol–water partition coefficient (Wildman–Crippen LogP) is 10.8. The molecular weight excluding hydrogens is 744 g/mol. The van der Waals surface area contributed by atoms with Crippen LogP contribution in [0.1, 0.15) is 156 Å². The van der Waals surface area contributed by atoms with Gasteiger partial charge in [0.25, 0.3) is 17.7 Å². The van der Waals surface area contributed by atoms with Crippen molar-refractivity contribution in [2.45, 2.75) is 157 Å². The molecule has 57 heavy (non-hydrogen) atoms. The molecule has 0 saturated heterocycles. The average molecular weight is 812 g/mol. The second-order valence-electron chi connectivity index (χ2n) is 15.9. The first-order chi connectivity index (χ1) is 27.3. The summed E-state index contributed by atoms with van der Waals surface area (Å²) in [6.07, 6.45) is 17.6. The highest BCUT2D eigenvalue weighted by Gasteiger charge is 2.41. The van der Waals surface area contributed by atoms with Gasteiger partial charge in [0.2, 0.25) is 5.91 Å². The van der Waals surface area contributed by atoms with E-state index in [1.54, 1.807) is 27.7 Å². The Morgan fingerprint density at radius 3 is 1.91 bits per heavy atom. The van der Waals surface area contributed by atoms with Gasteiger partial charge in [0, 0.05) is 17.9 Å². The van der Waals surface area contributed by atoms with Crippen molar-refractivity contribution in [1.82, 2.24) is 9.13 Å². The lowest BCUT2D eigenvalue weighted by molar-refractivity contribution is -0.135. The molecule has 3 N–H and O–H groups in total. The number of ketones is 1. The minimum absolute atomic E-state index is 0.0303. The van der Waals surface area contributed by atoms with Gasteiger partial charge in [-0.05, 0) is 31.4 Å². The van der Waals surface area contributed by atoms with Crippen molar-refractivity contribution < 1.29 is 29.0 Å². The molecule has 3 rings (SSSR count). The van der Waals surface area contributed by atoms with Crippen LogP contribution in [0.3, 0.4) is 0 Å². The zero-order valence-electron chi connectivity index (χ0n) is 35.2. The van der Waals surface area contributed by atoms with Gasteiger partial charge in [-0.2, -0.15) is 0 Å². The van der Waals surface area contributed by atoms with Crippen LogP contribution < -0.4 is 25.8 Å². The van der Waals surface area contributed by atoms with Crippen molar-refractivity contribution >= 4 is 40.6 Å². The molecule has 316 valence electrons. The summed E-state index contributed by atoms with van der Waals surface area (Å²) in [7, 11) is 0. The Morgan fingerprint density at radius 1 is 0.772 bits per heavy atom. The zero-order valence-corrected chi connectivity index (χ0v) is 36.0. The van der Waals surface area contributed by atoms with Gasteiger partial charge in [0.1, 0.15) is 5.75 Å². The van der Waals surface area contributed by atoms with E-state index in [0.29, 0.717) is 13.0 Å². The number of aromatic hydroxyl groups is 1. The molecule has 0 fully saturated rings. The van der Waals surface area contributed by atoms with E-state index in [4.69, 9.17) is 21.1 Å². The van der Waals surface area contributed by atoms with Crippen molar-refractivity contribution in [2.24, 2.45) is 5.41 Å². The summed E-state index contributed by atoms with van der Waals surface area (Å²) in [4.78, 5) is 55.6. The van der Waals surface area contributed by atoms with E-state index in [1.807, 2.05) is 37.3 Å². The fourth-order valence-electron chi connectivity index (χ4n) is 6.62. The number of Topliss-reactive ketones (excluding diaryl/α,β-unsaturated/α-hetero) is 1. The van der Waals surface area contributed by atoms with Gasteiger partial charge in [0.15, 0.2) is 11.8 Å². The highest BCUT2D eigenvalue weighted by atomic mass is 35.5. The summed E-state index contributed by atoms with van der Waals surface area (Å²) >= 11 is 6.65. The third-order valence-corrected chi connectivity index (χ3v) is 10.2. The number of nitrogens with zero attached hydrogens (tertiary/aromatic N) is 2. The molecule has 0 aliphatic heterocycles. The van der Waals surface area contributed by atoms with Gasteiger partial charge in [-0.1, -0.05) is 160 Å². The maximum absolute atomic E-state index is 14.4. The molecule has 1 atom stereocenters. The predicted molar refractivity (Wildman–Crippen MR) is 230 cm³/mol. The standard InChI is InChI=1S/C45H67ClN4O7/c1-7-10-12-13-14-15-16-17-18-19-20-21-25-28-38(51)47-35-31-36(37(30-34(35)46)57-29-11-8-2)48-41(53)39(40(52)45(4,5)6)50-42(54)43(56-9-3)49(44(50)55)32-33-26-23-22-24-27-33/h22-24,26-27,30-31,39,54H,7-21,25,28-29,32H2,1-6H3,(H,47,51)(H,48,53). The van der Waals surface area contributed by atoms with E-state index in [-0.39, 0.29) is 47.1 Å². The topological polar surface area (TPSA) is 141 Å². The first-order valence-electron chi connectivity index (χ1n) is 21.2. The van der Waals surface area contributed by atoms with Crippen molar-refractivity contribution in [1.29, 1.82) is 0 Å². The SMILES string of the molecule is CCCCCCCCCCCCCCCC(=O)Nc1cc(NC(=O)C(C(=O)C(C)(C)C)n2c(O)c(OCC)n(Cc3ccccc3)c2=O)c(OCCCC)cc1Cl. The lowest BCUT2D eigenvalue weighted by atomic mass is 9.86. The van der Waals surface area contributed by atoms with E-state index >= 15 is 0 Å². The number of nitrogens with one attached hydrogen (secondary N) is 2. The number of anilines is 2. The third kappa shape index (κ3) is 14.9. The highest BCUT2D eigenvalue weighted by Crippen LogP contribution is 2.37. The molecule has 0 spiro atoms. The Labute approximate surface area is 344 Å². The van der Waals surface area contributed by atoms with Gasteiger partial charge in [0.05, 0.1) is 36.2 Å². The van der Waals surface area contributed by atoms with Crippen molar-refractivity contribution in [2.75, 3.05) is 23.8 Å². The molecule has 1 heterocycles. The van der Waals surface area contributed by atoms with Gasteiger partial charge >= 0.3 is 5.69 Å². The summed E-state index contributed by atoms with van der Waals surface area (Å²) < 4.78 is 13.7. The molecule has 1 unspecified atom stereocenters. The third-order valence-electron chi connectivity index (χ3n) is 9.92. The molecule has 0 aliphatic carbocycles. The van der Waals surface area contributed by atoms with Crippen LogP contribution in [-0.2, 0) is 20.9 Å². The number of halogens is 1. The first-order valence-corrected chi connectivity index (χ1v) is 21.5. The zero-order chi connectivity index (χ0) is 41.8.